The van der Waals surface area contributed by atoms with Crippen LogP contribution in [0.2, 0.25) is 0 Å². The molecule has 1 aromatic carbocycles. The number of aryl methyl sites for hydroxylation is 1. The molecule has 3 N–H and O–H groups in total. The Morgan fingerprint density at radius 2 is 2.20 bits per heavy atom. The second kappa shape index (κ2) is 4.36. The molecule has 2 aromatic rings. The van der Waals surface area contributed by atoms with Crippen molar-refractivity contribution in [1.82, 2.24) is 0 Å². The van der Waals surface area contributed by atoms with Gasteiger partial charge in [-0.3, -0.25) is 0 Å². The molecule has 2 nitrogen and oxygen atoms in total. The molecule has 0 radical (unpaired) electrons. The van der Waals surface area contributed by atoms with Crippen LogP contribution in [0.25, 0.3) is 0 Å². The minimum absolute atomic E-state index is 0.814. The first-order valence-electron chi connectivity index (χ1n) is 4.87. The number of nitrogen functional groups attached to an aromatic ring is 1. The van der Waals surface area contributed by atoms with Gasteiger partial charge in [-0.15, -0.1) is 0 Å². The zero-order valence-electron chi connectivity index (χ0n) is 8.66. The third-order valence-corrected chi connectivity index (χ3v) is 3.05. The summed E-state index contributed by atoms with van der Waals surface area (Å²) in [5, 5.41) is 7.64. The summed E-state index contributed by atoms with van der Waals surface area (Å²) in [6.07, 6.45) is 0. The first-order chi connectivity index (χ1) is 7.25. The Kier molecular flexibility index (Phi) is 2.92. The second-order valence-electron chi connectivity index (χ2n) is 3.56. The minimum atomic E-state index is 0.814. The van der Waals surface area contributed by atoms with Gasteiger partial charge >= 0.3 is 0 Å². The van der Waals surface area contributed by atoms with Crippen LogP contribution in [0, 0.1) is 6.92 Å². The van der Waals surface area contributed by atoms with Gasteiger partial charge in [0, 0.05) is 17.9 Å². The van der Waals surface area contributed by atoms with Crippen molar-refractivity contribution in [1.29, 1.82) is 0 Å². The summed E-state index contributed by atoms with van der Waals surface area (Å²) in [4.78, 5) is 0. The van der Waals surface area contributed by atoms with Crippen LogP contribution in [0.15, 0.2) is 35.0 Å². The number of rotatable bonds is 3. The van der Waals surface area contributed by atoms with Crippen LogP contribution in [0.5, 0.6) is 0 Å². The van der Waals surface area contributed by atoms with E-state index in [2.05, 4.69) is 29.1 Å². The van der Waals surface area contributed by atoms with Gasteiger partial charge in [0.05, 0.1) is 0 Å². The van der Waals surface area contributed by atoms with E-state index in [0.717, 1.165) is 17.9 Å². The zero-order valence-corrected chi connectivity index (χ0v) is 9.47. The molecular formula is C12H14N2S. The standard InChI is InChI=1S/C12H14N2S/c1-9-6-11(13)2-3-12(9)14-7-10-4-5-15-8-10/h2-6,8,14H,7,13H2,1H3. The monoisotopic (exact) mass is 218 g/mol. The molecule has 0 fully saturated rings. The molecule has 3 heteroatoms. The third-order valence-electron chi connectivity index (χ3n) is 2.31. The predicted octanol–water partition coefficient (Wildman–Crippen LogP) is 3.25. The molecule has 0 aliphatic rings. The maximum Gasteiger partial charge on any atom is 0.0409 e. The van der Waals surface area contributed by atoms with E-state index in [1.54, 1.807) is 11.3 Å². The summed E-state index contributed by atoms with van der Waals surface area (Å²) in [6, 6.07) is 8.06. The molecule has 0 bridgehead atoms. The fourth-order valence-corrected chi connectivity index (χ4v) is 2.14. The number of thiophene rings is 1. The smallest absolute Gasteiger partial charge is 0.0409 e. The van der Waals surface area contributed by atoms with Gasteiger partial charge in [0.15, 0.2) is 0 Å². The predicted molar refractivity (Wildman–Crippen MR) is 67.2 cm³/mol. The van der Waals surface area contributed by atoms with Crippen molar-refractivity contribution in [3.05, 3.63) is 46.2 Å². The normalized spacial score (nSPS) is 10.2. The van der Waals surface area contributed by atoms with Crippen molar-refractivity contribution in [2.24, 2.45) is 0 Å². The molecule has 0 unspecified atom stereocenters. The summed E-state index contributed by atoms with van der Waals surface area (Å²) >= 11 is 1.72. The highest BCUT2D eigenvalue weighted by molar-refractivity contribution is 7.07. The van der Waals surface area contributed by atoms with Gasteiger partial charge in [0.1, 0.15) is 0 Å². The number of nitrogens with two attached hydrogens (primary N) is 1. The first-order valence-corrected chi connectivity index (χ1v) is 5.81. The molecule has 0 aliphatic carbocycles. The van der Waals surface area contributed by atoms with Gasteiger partial charge in [0.2, 0.25) is 0 Å². The lowest BCUT2D eigenvalue weighted by Gasteiger charge is -2.09. The van der Waals surface area contributed by atoms with Gasteiger partial charge in [-0.2, -0.15) is 11.3 Å². The van der Waals surface area contributed by atoms with E-state index in [1.165, 1.54) is 11.1 Å². The van der Waals surface area contributed by atoms with E-state index < -0.39 is 0 Å². The number of hydrogen-bond donors (Lipinski definition) is 2. The Morgan fingerprint density at radius 3 is 2.87 bits per heavy atom. The molecule has 0 saturated carbocycles. The van der Waals surface area contributed by atoms with Crippen LogP contribution in [-0.2, 0) is 6.54 Å². The molecule has 0 saturated heterocycles. The van der Waals surface area contributed by atoms with Crippen molar-refractivity contribution < 1.29 is 0 Å². The highest BCUT2D eigenvalue weighted by Gasteiger charge is 1.98. The van der Waals surface area contributed by atoms with E-state index in [-0.39, 0.29) is 0 Å². The van der Waals surface area contributed by atoms with E-state index in [4.69, 9.17) is 5.73 Å². The van der Waals surface area contributed by atoms with Gasteiger partial charge in [0.25, 0.3) is 0 Å². The van der Waals surface area contributed by atoms with Crippen LogP contribution in [0.1, 0.15) is 11.1 Å². The quantitative estimate of drug-likeness (QED) is 0.776. The van der Waals surface area contributed by atoms with E-state index >= 15 is 0 Å². The van der Waals surface area contributed by atoms with Crippen molar-refractivity contribution in [3.8, 4) is 0 Å². The molecular weight excluding hydrogens is 204 g/mol. The molecule has 0 aliphatic heterocycles. The Morgan fingerprint density at radius 1 is 1.33 bits per heavy atom. The fraction of sp³-hybridized carbons (Fsp3) is 0.167. The third kappa shape index (κ3) is 2.50. The molecule has 2 rings (SSSR count). The average molecular weight is 218 g/mol. The molecule has 15 heavy (non-hydrogen) atoms. The van der Waals surface area contributed by atoms with Crippen LogP contribution in [0.3, 0.4) is 0 Å². The number of benzene rings is 1. The van der Waals surface area contributed by atoms with Gasteiger partial charge in [-0.05, 0) is 53.1 Å². The van der Waals surface area contributed by atoms with Crippen LogP contribution < -0.4 is 11.1 Å². The molecule has 78 valence electrons. The molecule has 1 heterocycles. The van der Waals surface area contributed by atoms with E-state index in [1.807, 2.05) is 18.2 Å². The lowest BCUT2D eigenvalue weighted by atomic mass is 10.2. The lowest BCUT2D eigenvalue weighted by molar-refractivity contribution is 1.15. The average Bonchev–Trinajstić information content (AvgIpc) is 2.69. The summed E-state index contributed by atoms with van der Waals surface area (Å²) in [5.74, 6) is 0. The largest absolute Gasteiger partial charge is 0.399 e. The van der Waals surface area contributed by atoms with E-state index in [0.29, 0.717) is 0 Å². The Labute approximate surface area is 93.7 Å². The van der Waals surface area contributed by atoms with Crippen molar-refractivity contribution >= 4 is 22.7 Å². The highest BCUT2D eigenvalue weighted by atomic mass is 32.1. The summed E-state index contributed by atoms with van der Waals surface area (Å²) in [7, 11) is 0. The van der Waals surface area contributed by atoms with Crippen molar-refractivity contribution in [2.75, 3.05) is 11.1 Å². The van der Waals surface area contributed by atoms with Crippen molar-refractivity contribution in [2.45, 2.75) is 13.5 Å². The van der Waals surface area contributed by atoms with Gasteiger partial charge < -0.3 is 11.1 Å². The summed E-state index contributed by atoms with van der Waals surface area (Å²) in [6.45, 7) is 2.93. The minimum Gasteiger partial charge on any atom is -0.399 e. The van der Waals surface area contributed by atoms with Gasteiger partial charge in [-0.1, -0.05) is 0 Å². The number of hydrogen-bond acceptors (Lipinski definition) is 3. The molecule has 0 amide bonds. The summed E-state index contributed by atoms with van der Waals surface area (Å²) < 4.78 is 0. The topological polar surface area (TPSA) is 38.0 Å². The van der Waals surface area contributed by atoms with Crippen molar-refractivity contribution in [3.63, 3.8) is 0 Å². The number of nitrogens with one attached hydrogen (secondary N) is 1. The number of anilines is 2. The molecule has 0 spiro atoms. The van der Waals surface area contributed by atoms with Crippen LogP contribution in [0.4, 0.5) is 11.4 Å². The van der Waals surface area contributed by atoms with Crippen LogP contribution in [-0.4, -0.2) is 0 Å². The SMILES string of the molecule is Cc1cc(N)ccc1NCc1ccsc1. The Bertz CT molecular complexity index is 435. The fourth-order valence-electron chi connectivity index (χ4n) is 1.48. The highest BCUT2D eigenvalue weighted by Crippen LogP contribution is 2.18. The molecule has 1 aromatic heterocycles. The first kappa shape index (κ1) is 10.1. The Hall–Kier alpha value is -1.48. The maximum absolute atomic E-state index is 5.69. The maximum atomic E-state index is 5.69. The summed E-state index contributed by atoms with van der Waals surface area (Å²) in [5.41, 5.74) is 10.2. The lowest BCUT2D eigenvalue weighted by Crippen LogP contribution is -2.00. The zero-order chi connectivity index (χ0) is 10.7. The van der Waals surface area contributed by atoms with E-state index in [9.17, 15) is 0 Å². The second-order valence-corrected chi connectivity index (χ2v) is 4.34. The van der Waals surface area contributed by atoms with Gasteiger partial charge in [-0.25, -0.2) is 0 Å². The molecule has 0 atom stereocenters. The Balaban J connectivity index is 2.05. The van der Waals surface area contributed by atoms with Crippen LogP contribution >= 0.6 is 11.3 Å².